The Kier molecular flexibility index (Phi) is 5.62. The molecule has 1 atom stereocenters. The summed E-state index contributed by atoms with van der Waals surface area (Å²) in [5.41, 5.74) is 4.81. The Morgan fingerprint density at radius 1 is 0.926 bits per heavy atom. The number of ether oxygens (including phenoxy) is 2. The van der Waals surface area contributed by atoms with Crippen LogP contribution in [-0.4, -0.2) is 28.8 Å². The molecule has 0 aliphatic heterocycles. The molecule has 0 saturated carbocycles. The highest BCUT2D eigenvalue weighted by Gasteiger charge is 2.25. The van der Waals surface area contributed by atoms with Gasteiger partial charge in [-0.1, -0.05) is 23.3 Å². The summed E-state index contributed by atoms with van der Waals surface area (Å²) in [5.74, 6) is 0. The summed E-state index contributed by atoms with van der Waals surface area (Å²) in [6.45, 7) is 11.7. The van der Waals surface area contributed by atoms with Crippen molar-refractivity contribution in [2.75, 3.05) is 13.7 Å². The van der Waals surface area contributed by atoms with Crippen LogP contribution in [0.25, 0.3) is 21.8 Å². The van der Waals surface area contributed by atoms with Gasteiger partial charge in [-0.3, -0.25) is 0 Å². The van der Waals surface area contributed by atoms with Crippen LogP contribution in [0, 0.1) is 13.8 Å². The minimum Gasteiger partial charge on any atom is -0.379 e. The molecule has 0 N–H and O–H groups in total. The number of fused-ring (bicyclic) bond motifs is 3. The van der Waals surface area contributed by atoms with Crippen LogP contribution in [0.2, 0.25) is 0 Å². The highest BCUT2D eigenvalue weighted by Crippen LogP contribution is 2.33. The lowest BCUT2D eigenvalue weighted by atomic mass is 10.1. The fourth-order valence-corrected chi connectivity index (χ4v) is 3.69. The van der Waals surface area contributed by atoms with Crippen LogP contribution in [0.1, 0.15) is 38.3 Å². The lowest BCUT2D eigenvalue weighted by Crippen LogP contribution is -2.31. The van der Waals surface area contributed by atoms with Gasteiger partial charge in [-0.15, -0.1) is 12.6 Å². The standard InChI is InChI=1S/C23H31NO2S/c1-16-7-9-20-18(13-16)19-14-17(2)8-10-21(19)24(20)15-23(5,27)26-12-11-22(3,4)25-6/h7-10,13-14,27H,11-12,15H2,1-6H3. The largest absolute Gasteiger partial charge is 0.379 e. The molecule has 3 nitrogen and oxygen atoms in total. The average Bonchev–Trinajstić information content (AvgIpc) is 2.86. The van der Waals surface area contributed by atoms with E-state index in [1.807, 2.05) is 6.92 Å². The number of methoxy groups -OCH3 is 1. The van der Waals surface area contributed by atoms with Crippen LogP contribution >= 0.6 is 12.6 Å². The van der Waals surface area contributed by atoms with Crippen molar-refractivity contribution in [1.82, 2.24) is 4.57 Å². The van der Waals surface area contributed by atoms with Gasteiger partial charge in [0.15, 0.2) is 0 Å². The molecular weight excluding hydrogens is 354 g/mol. The van der Waals surface area contributed by atoms with E-state index in [0.717, 1.165) is 6.42 Å². The molecule has 2 aromatic carbocycles. The fourth-order valence-electron chi connectivity index (χ4n) is 3.46. The maximum absolute atomic E-state index is 6.15. The molecule has 1 unspecified atom stereocenters. The summed E-state index contributed by atoms with van der Waals surface area (Å²) >= 11 is 4.84. The van der Waals surface area contributed by atoms with Crippen LogP contribution in [0.15, 0.2) is 36.4 Å². The molecule has 146 valence electrons. The molecule has 0 spiro atoms. The van der Waals surface area contributed by atoms with E-state index >= 15 is 0 Å². The highest BCUT2D eigenvalue weighted by atomic mass is 32.1. The molecule has 27 heavy (non-hydrogen) atoms. The van der Waals surface area contributed by atoms with Crippen molar-refractivity contribution < 1.29 is 9.47 Å². The number of aryl methyl sites for hydroxylation is 2. The van der Waals surface area contributed by atoms with Crippen LogP contribution in [0.4, 0.5) is 0 Å². The van der Waals surface area contributed by atoms with Gasteiger partial charge in [-0.25, -0.2) is 0 Å². The van der Waals surface area contributed by atoms with E-state index in [4.69, 9.17) is 22.1 Å². The number of hydrogen-bond acceptors (Lipinski definition) is 3. The molecular formula is C23H31NO2S. The van der Waals surface area contributed by atoms with Gasteiger partial charge in [0.2, 0.25) is 0 Å². The van der Waals surface area contributed by atoms with Crippen molar-refractivity contribution in [2.45, 2.75) is 58.1 Å². The Labute approximate surface area is 168 Å². The number of aromatic nitrogens is 1. The second-order valence-electron chi connectivity index (χ2n) is 8.36. The predicted octanol–water partition coefficient (Wildman–Crippen LogP) is 5.89. The summed E-state index contributed by atoms with van der Waals surface area (Å²) in [4.78, 5) is -0.571. The minimum absolute atomic E-state index is 0.189. The van der Waals surface area contributed by atoms with Gasteiger partial charge in [0.05, 0.1) is 18.8 Å². The third-order valence-corrected chi connectivity index (χ3v) is 5.57. The van der Waals surface area contributed by atoms with Crippen molar-refractivity contribution in [3.63, 3.8) is 0 Å². The van der Waals surface area contributed by atoms with Gasteiger partial charge in [0.25, 0.3) is 0 Å². The van der Waals surface area contributed by atoms with Crippen LogP contribution in [0.3, 0.4) is 0 Å². The Balaban J connectivity index is 1.93. The van der Waals surface area contributed by atoms with Gasteiger partial charge in [0, 0.05) is 28.9 Å². The number of benzene rings is 2. The number of thiol groups is 1. The van der Waals surface area contributed by atoms with E-state index in [9.17, 15) is 0 Å². The van der Waals surface area contributed by atoms with Gasteiger partial charge >= 0.3 is 0 Å². The number of rotatable bonds is 7. The zero-order valence-electron chi connectivity index (χ0n) is 17.3. The maximum atomic E-state index is 6.15. The molecule has 3 rings (SSSR count). The van der Waals surface area contributed by atoms with E-state index in [-0.39, 0.29) is 5.60 Å². The fraction of sp³-hybridized carbons (Fsp3) is 0.478. The summed E-state index contributed by atoms with van der Waals surface area (Å²) in [6.07, 6.45) is 0.825. The number of nitrogens with zero attached hydrogens (tertiary/aromatic N) is 1. The first kappa shape index (κ1) is 20.2. The Hall–Kier alpha value is -1.49. The molecule has 0 aliphatic carbocycles. The quantitative estimate of drug-likeness (QED) is 0.405. The smallest absolute Gasteiger partial charge is 0.125 e. The Morgan fingerprint density at radius 3 is 1.93 bits per heavy atom. The third-order valence-electron chi connectivity index (χ3n) is 5.30. The molecule has 3 aromatic rings. The van der Waals surface area contributed by atoms with Gasteiger partial charge in [-0.05, 0) is 65.3 Å². The van der Waals surface area contributed by atoms with Crippen molar-refractivity contribution >= 4 is 34.4 Å². The van der Waals surface area contributed by atoms with Crippen molar-refractivity contribution in [3.8, 4) is 0 Å². The third kappa shape index (κ3) is 4.50. The number of hydrogen-bond donors (Lipinski definition) is 1. The minimum atomic E-state index is -0.571. The second kappa shape index (κ2) is 7.50. The zero-order valence-corrected chi connectivity index (χ0v) is 18.2. The molecule has 0 amide bonds. The first-order valence-electron chi connectivity index (χ1n) is 9.53. The van der Waals surface area contributed by atoms with Gasteiger partial charge in [-0.2, -0.15) is 0 Å². The lowest BCUT2D eigenvalue weighted by molar-refractivity contribution is -0.0346. The van der Waals surface area contributed by atoms with E-state index in [1.54, 1.807) is 7.11 Å². The molecule has 1 aromatic heterocycles. The molecule has 0 aliphatic rings. The van der Waals surface area contributed by atoms with Crippen LogP contribution in [-0.2, 0) is 16.0 Å². The molecule has 4 heteroatoms. The lowest BCUT2D eigenvalue weighted by Gasteiger charge is -2.29. The van der Waals surface area contributed by atoms with Crippen LogP contribution < -0.4 is 0 Å². The first-order chi connectivity index (χ1) is 12.6. The maximum Gasteiger partial charge on any atom is 0.125 e. The van der Waals surface area contributed by atoms with E-state index in [1.165, 1.54) is 32.9 Å². The summed E-state index contributed by atoms with van der Waals surface area (Å²) in [7, 11) is 1.74. The van der Waals surface area contributed by atoms with Gasteiger partial charge in [0.1, 0.15) is 4.93 Å². The summed E-state index contributed by atoms with van der Waals surface area (Å²) < 4.78 is 14.0. The Bertz CT molecular complexity index is 897. The molecule has 0 saturated heterocycles. The van der Waals surface area contributed by atoms with Crippen molar-refractivity contribution in [1.29, 1.82) is 0 Å². The second-order valence-corrected chi connectivity index (χ2v) is 9.31. The topological polar surface area (TPSA) is 23.4 Å². The highest BCUT2D eigenvalue weighted by molar-refractivity contribution is 7.81. The van der Waals surface area contributed by atoms with Crippen molar-refractivity contribution in [3.05, 3.63) is 47.5 Å². The Morgan fingerprint density at radius 2 is 1.44 bits per heavy atom. The molecule has 1 heterocycles. The molecule has 0 fully saturated rings. The first-order valence-corrected chi connectivity index (χ1v) is 9.97. The summed E-state index contributed by atoms with van der Waals surface area (Å²) in [6, 6.07) is 13.3. The summed E-state index contributed by atoms with van der Waals surface area (Å²) in [5, 5.41) is 2.58. The molecule has 0 radical (unpaired) electrons. The van der Waals surface area contributed by atoms with Gasteiger partial charge < -0.3 is 14.0 Å². The normalized spacial score (nSPS) is 14.8. The molecule has 0 bridgehead atoms. The SMILES string of the molecule is COC(C)(C)CCOC(C)(S)Cn1c2ccc(C)cc2c2cc(C)ccc21. The van der Waals surface area contributed by atoms with E-state index < -0.39 is 4.93 Å². The predicted molar refractivity (Wildman–Crippen MR) is 118 cm³/mol. The average molecular weight is 386 g/mol. The van der Waals surface area contributed by atoms with E-state index in [2.05, 4.69) is 68.7 Å². The zero-order chi connectivity index (χ0) is 19.8. The monoisotopic (exact) mass is 385 g/mol. The van der Waals surface area contributed by atoms with Crippen molar-refractivity contribution in [2.24, 2.45) is 0 Å². The van der Waals surface area contributed by atoms with E-state index in [0.29, 0.717) is 13.2 Å². The van der Waals surface area contributed by atoms with Crippen LogP contribution in [0.5, 0.6) is 0 Å².